The Morgan fingerprint density at radius 3 is 2.36 bits per heavy atom. The molecule has 0 saturated carbocycles. The Morgan fingerprint density at radius 1 is 1.32 bits per heavy atom. The van der Waals surface area contributed by atoms with Gasteiger partial charge in [0.05, 0.1) is 17.9 Å². The molecule has 2 amide bonds. The van der Waals surface area contributed by atoms with Gasteiger partial charge in [0.1, 0.15) is 5.69 Å². The number of hydrogen-bond donors (Lipinski definition) is 4. The first-order valence-corrected chi connectivity index (χ1v) is 5.99. The van der Waals surface area contributed by atoms with E-state index in [1.54, 1.807) is 0 Å². The van der Waals surface area contributed by atoms with E-state index < -0.39 is 36.0 Å². The molecule has 10 heteroatoms. The monoisotopic (exact) mass is 321 g/mol. The minimum atomic E-state index is -4.59. The number of carboxylic acids is 1. The van der Waals surface area contributed by atoms with Gasteiger partial charge in [0.15, 0.2) is 5.60 Å². The highest BCUT2D eigenvalue weighted by atomic mass is 19.4. The molecule has 1 aromatic rings. The van der Waals surface area contributed by atoms with Crippen LogP contribution in [-0.2, 0) is 11.0 Å². The number of carboxylic acid groups (broad SMARTS) is 1. The second-order valence-corrected chi connectivity index (χ2v) is 4.71. The van der Waals surface area contributed by atoms with Crippen molar-refractivity contribution in [2.75, 3.05) is 11.9 Å². The molecule has 0 spiro atoms. The summed E-state index contributed by atoms with van der Waals surface area (Å²) in [5, 5.41) is 22.4. The van der Waals surface area contributed by atoms with Crippen molar-refractivity contribution in [3.8, 4) is 0 Å². The fourth-order valence-corrected chi connectivity index (χ4v) is 1.35. The molecule has 0 bridgehead atoms. The molecule has 0 saturated heterocycles. The first kappa shape index (κ1) is 17.7. The number of aliphatic carboxylic acids is 1. The fourth-order valence-electron chi connectivity index (χ4n) is 1.35. The summed E-state index contributed by atoms with van der Waals surface area (Å²) in [6.45, 7) is 1.68. The van der Waals surface area contributed by atoms with Crippen LogP contribution in [0.25, 0.3) is 0 Å². The summed E-state index contributed by atoms with van der Waals surface area (Å²) >= 11 is 0. The zero-order valence-electron chi connectivity index (χ0n) is 11.7. The van der Waals surface area contributed by atoms with Crippen LogP contribution >= 0.6 is 0 Å². The number of nitrogens with one attached hydrogen (secondary N) is 2. The van der Waals surface area contributed by atoms with Crippen molar-refractivity contribution in [2.45, 2.75) is 25.6 Å². The number of aromatic nitrogens is 1. The lowest BCUT2D eigenvalue weighted by Gasteiger charge is -2.18. The molecular formula is C12H14F3N3O4. The molecule has 1 heterocycles. The van der Waals surface area contributed by atoms with Crippen LogP contribution in [-0.4, -0.2) is 39.3 Å². The van der Waals surface area contributed by atoms with E-state index in [0.29, 0.717) is 6.07 Å². The van der Waals surface area contributed by atoms with E-state index in [0.717, 1.165) is 13.0 Å². The molecular weight excluding hydrogens is 307 g/mol. The van der Waals surface area contributed by atoms with Crippen LogP contribution in [0.15, 0.2) is 12.1 Å². The molecule has 0 aliphatic carbocycles. The maximum Gasteiger partial charge on any atom is 0.433 e. The SMILES string of the molecule is Cc1nc(C(F)(F)F)ccc1NC(=O)NCC(C)(O)C(=O)O. The maximum atomic E-state index is 12.4. The number of urea groups is 1. The standard InChI is InChI=1S/C12H14F3N3O4/c1-6-7(3-4-8(17-6)12(13,14)15)18-10(21)16-5-11(2,22)9(19)20/h3-4,22H,5H2,1-2H3,(H,19,20)(H2,16,18,21). The Labute approximate surface area is 123 Å². The van der Waals surface area contributed by atoms with Crippen molar-refractivity contribution < 1.29 is 33.0 Å². The van der Waals surface area contributed by atoms with Crippen LogP contribution < -0.4 is 10.6 Å². The van der Waals surface area contributed by atoms with Gasteiger partial charge in [-0.3, -0.25) is 0 Å². The molecule has 122 valence electrons. The number of rotatable bonds is 4. The predicted molar refractivity (Wildman–Crippen MR) is 69.3 cm³/mol. The number of carbonyl (C=O) groups is 2. The summed E-state index contributed by atoms with van der Waals surface area (Å²) in [6, 6.07) is 0.849. The Hall–Kier alpha value is -2.36. The van der Waals surface area contributed by atoms with Gasteiger partial charge in [-0.1, -0.05) is 0 Å². The molecule has 0 aromatic carbocycles. The second kappa shape index (κ2) is 6.18. The van der Waals surface area contributed by atoms with Crippen molar-refractivity contribution in [3.05, 3.63) is 23.5 Å². The molecule has 1 unspecified atom stereocenters. The first-order valence-electron chi connectivity index (χ1n) is 5.99. The number of hydrogen-bond acceptors (Lipinski definition) is 4. The predicted octanol–water partition coefficient (Wildman–Crippen LogP) is 1.37. The topological polar surface area (TPSA) is 112 Å². The summed E-state index contributed by atoms with van der Waals surface area (Å²) in [5.74, 6) is -1.53. The summed E-state index contributed by atoms with van der Waals surface area (Å²) in [5.41, 5.74) is -3.29. The lowest BCUT2D eigenvalue weighted by Crippen LogP contribution is -2.47. The van der Waals surface area contributed by atoms with Crippen LogP contribution in [0.2, 0.25) is 0 Å². The Morgan fingerprint density at radius 2 is 1.91 bits per heavy atom. The van der Waals surface area contributed by atoms with Crippen molar-refractivity contribution in [2.24, 2.45) is 0 Å². The van der Waals surface area contributed by atoms with Crippen molar-refractivity contribution in [3.63, 3.8) is 0 Å². The van der Waals surface area contributed by atoms with Gasteiger partial charge < -0.3 is 20.8 Å². The second-order valence-electron chi connectivity index (χ2n) is 4.71. The number of nitrogens with zero attached hydrogens (tertiary/aromatic N) is 1. The number of amides is 2. The number of aryl methyl sites for hydroxylation is 1. The highest BCUT2D eigenvalue weighted by Crippen LogP contribution is 2.29. The van der Waals surface area contributed by atoms with E-state index >= 15 is 0 Å². The molecule has 22 heavy (non-hydrogen) atoms. The molecule has 0 aliphatic heterocycles. The largest absolute Gasteiger partial charge is 0.479 e. The van der Waals surface area contributed by atoms with Crippen LogP contribution in [0.3, 0.4) is 0 Å². The maximum absolute atomic E-state index is 12.4. The van der Waals surface area contributed by atoms with Crippen molar-refractivity contribution in [1.82, 2.24) is 10.3 Å². The molecule has 7 nitrogen and oxygen atoms in total. The van der Waals surface area contributed by atoms with E-state index in [1.165, 1.54) is 6.92 Å². The van der Waals surface area contributed by atoms with Gasteiger partial charge in [0.25, 0.3) is 0 Å². The zero-order chi connectivity index (χ0) is 17.1. The van der Waals surface area contributed by atoms with Gasteiger partial charge in [-0.15, -0.1) is 0 Å². The number of halogens is 3. The van der Waals surface area contributed by atoms with E-state index in [2.05, 4.69) is 15.6 Å². The molecule has 0 aliphatic rings. The molecule has 1 atom stereocenters. The highest BCUT2D eigenvalue weighted by molar-refractivity contribution is 5.90. The minimum absolute atomic E-state index is 0.0282. The normalized spacial score (nSPS) is 14.1. The average Bonchev–Trinajstić information content (AvgIpc) is 2.37. The van der Waals surface area contributed by atoms with Gasteiger partial charge in [0, 0.05) is 0 Å². The summed E-state index contributed by atoms with van der Waals surface area (Å²) in [4.78, 5) is 25.5. The molecule has 1 aromatic heterocycles. The van der Waals surface area contributed by atoms with Gasteiger partial charge in [-0.25, -0.2) is 14.6 Å². The summed E-state index contributed by atoms with van der Waals surface area (Å²) in [7, 11) is 0. The van der Waals surface area contributed by atoms with Gasteiger partial charge in [0.2, 0.25) is 0 Å². The van der Waals surface area contributed by atoms with Crippen LogP contribution in [0, 0.1) is 6.92 Å². The average molecular weight is 321 g/mol. The van der Waals surface area contributed by atoms with Crippen LogP contribution in [0.1, 0.15) is 18.3 Å². The summed E-state index contributed by atoms with van der Waals surface area (Å²) < 4.78 is 37.3. The fraction of sp³-hybridized carbons (Fsp3) is 0.417. The third-order valence-corrected chi connectivity index (χ3v) is 2.68. The number of anilines is 1. The van der Waals surface area contributed by atoms with E-state index in [1.807, 2.05) is 0 Å². The first-order chi connectivity index (χ1) is 9.93. The van der Waals surface area contributed by atoms with Crippen molar-refractivity contribution in [1.29, 1.82) is 0 Å². The van der Waals surface area contributed by atoms with E-state index in [-0.39, 0.29) is 11.4 Å². The molecule has 0 fully saturated rings. The van der Waals surface area contributed by atoms with E-state index in [4.69, 9.17) is 5.11 Å². The number of aliphatic hydroxyl groups is 1. The Kier molecular flexibility index (Phi) is 4.97. The molecule has 0 radical (unpaired) electrons. The number of alkyl halides is 3. The minimum Gasteiger partial charge on any atom is -0.479 e. The van der Waals surface area contributed by atoms with Crippen molar-refractivity contribution >= 4 is 17.7 Å². The molecule has 4 N–H and O–H groups in total. The van der Waals surface area contributed by atoms with E-state index in [9.17, 15) is 27.9 Å². The lowest BCUT2D eigenvalue weighted by atomic mass is 10.1. The Bertz CT molecular complexity index is 587. The van der Waals surface area contributed by atoms with Gasteiger partial charge in [-0.05, 0) is 26.0 Å². The highest BCUT2D eigenvalue weighted by Gasteiger charge is 2.33. The number of pyridine rings is 1. The molecule has 1 rings (SSSR count). The van der Waals surface area contributed by atoms with Crippen LogP contribution in [0.4, 0.5) is 23.7 Å². The zero-order valence-corrected chi connectivity index (χ0v) is 11.7. The third kappa shape index (κ3) is 4.58. The summed E-state index contributed by atoms with van der Waals surface area (Å²) in [6.07, 6.45) is -4.59. The van der Waals surface area contributed by atoms with Gasteiger partial charge in [-0.2, -0.15) is 13.2 Å². The third-order valence-electron chi connectivity index (χ3n) is 2.68. The quantitative estimate of drug-likeness (QED) is 0.669. The smallest absolute Gasteiger partial charge is 0.433 e. The van der Waals surface area contributed by atoms with Crippen LogP contribution in [0.5, 0.6) is 0 Å². The Balaban J connectivity index is 2.72. The lowest BCUT2D eigenvalue weighted by molar-refractivity contribution is -0.155. The number of carbonyl (C=O) groups excluding carboxylic acids is 1. The van der Waals surface area contributed by atoms with Gasteiger partial charge >= 0.3 is 18.2 Å².